The number of hydrogen-bond donors (Lipinski definition) is 0. The van der Waals surface area contributed by atoms with Gasteiger partial charge in [0.15, 0.2) is 5.03 Å². The summed E-state index contributed by atoms with van der Waals surface area (Å²) in [6.45, 7) is 1.79. The van der Waals surface area contributed by atoms with Crippen LogP contribution in [0.15, 0.2) is 14.6 Å². The van der Waals surface area contributed by atoms with Gasteiger partial charge in [-0.1, -0.05) is 18.7 Å². The maximum Gasteiger partial charge on any atom is 0.346 e. The molecule has 0 radical (unpaired) electrons. The summed E-state index contributed by atoms with van der Waals surface area (Å²) in [6, 6.07) is 0. The fraction of sp³-hybridized carbons (Fsp3) is 0.600. The SMILES string of the molecule is COC(=O)CC(C)Sc1nn(C)c(=O)n(C)c1=O. The molecule has 1 rings (SSSR count). The first-order valence-corrected chi connectivity index (χ1v) is 6.12. The lowest BCUT2D eigenvalue weighted by molar-refractivity contribution is -0.140. The number of hydrogen-bond acceptors (Lipinski definition) is 6. The van der Waals surface area contributed by atoms with Crippen LogP contribution in [0, 0.1) is 0 Å². The van der Waals surface area contributed by atoms with Crippen LogP contribution >= 0.6 is 11.8 Å². The Morgan fingerprint density at radius 1 is 1.44 bits per heavy atom. The molecule has 8 heteroatoms. The molecule has 0 amide bonds. The lowest BCUT2D eigenvalue weighted by Gasteiger charge is -2.10. The summed E-state index contributed by atoms with van der Waals surface area (Å²) in [5.74, 6) is -0.350. The largest absolute Gasteiger partial charge is 0.469 e. The van der Waals surface area contributed by atoms with Crippen molar-refractivity contribution in [3.8, 4) is 0 Å². The van der Waals surface area contributed by atoms with E-state index in [1.807, 2.05) is 0 Å². The van der Waals surface area contributed by atoms with E-state index in [-0.39, 0.29) is 22.7 Å². The second kappa shape index (κ2) is 5.85. The molecule has 0 N–H and O–H groups in total. The molecule has 0 aliphatic carbocycles. The van der Waals surface area contributed by atoms with Crippen LogP contribution in [0.5, 0.6) is 0 Å². The topological polar surface area (TPSA) is 83.2 Å². The van der Waals surface area contributed by atoms with Gasteiger partial charge in [0.05, 0.1) is 13.5 Å². The average Bonchev–Trinajstić information content (AvgIpc) is 2.33. The van der Waals surface area contributed by atoms with Crippen molar-refractivity contribution in [1.29, 1.82) is 0 Å². The third kappa shape index (κ3) is 3.22. The van der Waals surface area contributed by atoms with Crippen LogP contribution in [0.25, 0.3) is 0 Å². The van der Waals surface area contributed by atoms with Crippen LogP contribution < -0.4 is 11.2 Å². The first-order chi connectivity index (χ1) is 8.36. The highest BCUT2D eigenvalue weighted by molar-refractivity contribution is 7.99. The van der Waals surface area contributed by atoms with Crippen LogP contribution in [0.4, 0.5) is 0 Å². The number of aryl methyl sites for hydroxylation is 1. The molecule has 100 valence electrons. The van der Waals surface area contributed by atoms with Crippen LogP contribution in [0.3, 0.4) is 0 Å². The molecule has 0 aliphatic rings. The minimum atomic E-state index is -0.482. The summed E-state index contributed by atoms with van der Waals surface area (Å²) in [5.41, 5.74) is -0.940. The van der Waals surface area contributed by atoms with Crippen molar-refractivity contribution in [3.05, 3.63) is 20.8 Å². The van der Waals surface area contributed by atoms with E-state index < -0.39 is 11.2 Å². The van der Waals surface area contributed by atoms with Gasteiger partial charge in [-0.25, -0.2) is 9.48 Å². The summed E-state index contributed by atoms with van der Waals surface area (Å²) in [7, 11) is 4.17. The summed E-state index contributed by atoms with van der Waals surface area (Å²) < 4.78 is 6.62. The zero-order chi connectivity index (χ0) is 13.9. The zero-order valence-corrected chi connectivity index (χ0v) is 11.5. The molecule has 7 nitrogen and oxygen atoms in total. The third-order valence-corrected chi connectivity index (χ3v) is 3.34. The Morgan fingerprint density at radius 2 is 2.06 bits per heavy atom. The molecule has 0 saturated carbocycles. The van der Waals surface area contributed by atoms with Gasteiger partial charge in [0.1, 0.15) is 0 Å². The number of carbonyl (C=O) groups is 1. The Labute approximate surface area is 108 Å². The van der Waals surface area contributed by atoms with Gasteiger partial charge >= 0.3 is 11.7 Å². The van der Waals surface area contributed by atoms with Crippen LogP contribution in [-0.4, -0.2) is 32.7 Å². The van der Waals surface area contributed by atoms with Crippen molar-refractivity contribution in [1.82, 2.24) is 14.3 Å². The number of rotatable bonds is 4. The monoisotopic (exact) mass is 273 g/mol. The van der Waals surface area contributed by atoms with Crippen molar-refractivity contribution >= 4 is 17.7 Å². The molecule has 1 aromatic rings. The molecule has 1 heterocycles. The van der Waals surface area contributed by atoms with Gasteiger partial charge in [-0.05, 0) is 0 Å². The van der Waals surface area contributed by atoms with Gasteiger partial charge in [-0.2, -0.15) is 5.10 Å². The summed E-state index contributed by atoms with van der Waals surface area (Å²) in [6.07, 6.45) is 0.175. The average molecular weight is 273 g/mol. The van der Waals surface area contributed by atoms with Crippen molar-refractivity contribution < 1.29 is 9.53 Å². The molecule has 1 atom stereocenters. The highest BCUT2D eigenvalue weighted by Crippen LogP contribution is 2.19. The number of ether oxygens (including phenoxy) is 1. The van der Waals surface area contributed by atoms with Gasteiger partial charge in [-0.3, -0.25) is 14.2 Å². The Balaban J connectivity index is 2.96. The number of aromatic nitrogens is 3. The molecule has 0 fully saturated rings. The highest BCUT2D eigenvalue weighted by atomic mass is 32.2. The molecular weight excluding hydrogens is 258 g/mol. The molecule has 0 spiro atoms. The number of nitrogens with zero attached hydrogens (tertiary/aromatic N) is 3. The van der Waals surface area contributed by atoms with E-state index in [2.05, 4.69) is 9.84 Å². The smallest absolute Gasteiger partial charge is 0.346 e. The number of methoxy groups -OCH3 is 1. The van der Waals surface area contributed by atoms with Crippen molar-refractivity contribution in [2.45, 2.75) is 23.6 Å². The van der Waals surface area contributed by atoms with Gasteiger partial charge in [0.25, 0.3) is 5.56 Å². The standard InChI is InChI=1S/C10H15N3O4S/c1-6(5-7(14)17-4)18-8-9(15)12(2)10(16)13(3)11-8/h6H,5H2,1-4H3. The minimum absolute atomic E-state index is 0.157. The van der Waals surface area contributed by atoms with E-state index in [9.17, 15) is 14.4 Å². The number of esters is 1. The number of thioether (sulfide) groups is 1. The van der Waals surface area contributed by atoms with Crippen molar-refractivity contribution in [2.24, 2.45) is 14.1 Å². The lowest BCUT2D eigenvalue weighted by Crippen LogP contribution is -2.39. The molecular formula is C10H15N3O4S. The van der Waals surface area contributed by atoms with Gasteiger partial charge < -0.3 is 4.74 Å². The fourth-order valence-electron chi connectivity index (χ4n) is 1.29. The molecule has 0 aromatic carbocycles. The van der Waals surface area contributed by atoms with Crippen LogP contribution in [-0.2, 0) is 23.6 Å². The fourth-order valence-corrected chi connectivity index (χ4v) is 2.30. The van der Waals surface area contributed by atoms with Gasteiger partial charge in [-0.15, -0.1) is 0 Å². The normalized spacial score (nSPS) is 12.2. The van der Waals surface area contributed by atoms with Gasteiger partial charge in [0, 0.05) is 19.3 Å². The first-order valence-electron chi connectivity index (χ1n) is 5.24. The first kappa shape index (κ1) is 14.5. The molecule has 1 aromatic heterocycles. The third-order valence-electron chi connectivity index (χ3n) is 2.29. The van der Waals surface area contributed by atoms with E-state index in [4.69, 9.17) is 0 Å². The maximum atomic E-state index is 11.8. The molecule has 0 aliphatic heterocycles. The van der Waals surface area contributed by atoms with E-state index in [0.717, 1.165) is 21.0 Å². The van der Waals surface area contributed by atoms with E-state index in [1.165, 1.54) is 21.2 Å². The Hall–Kier alpha value is -1.57. The van der Waals surface area contributed by atoms with Crippen molar-refractivity contribution in [2.75, 3.05) is 7.11 Å². The second-order valence-corrected chi connectivity index (χ2v) is 5.21. The van der Waals surface area contributed by atoms with Crippen LogP contribution in [0.2, 0.25) is 0 Å². The Bertz CT molecular complexity index is 563. The minimum Gasteiger partial charge on any atom is -0.469 e. The predicted molar refractivity (Wildman–Crippen MR) is 66.7 cm³/mol. The zero-order valence-electron chi connectivity index (χ0n) is 10.7. The lowest BCUT2D eigenvalue weighted by atomic mass is 10.3. The summed E-state index contributed by atoms with van der Waals surface area (Å²) in [4.78, 5) is 34.3. The molecule has 1 unspecified atom stereocenters. The highest BCUT2D eigenvalue weighted by Gasteiger charge is 2.16. The van der Waals surface area contributed by atoms with Crippen molar-refractivity contribution in [3.63, 3.8) is 0 Å². The molecule has 0 saturated heterocycles. The predicted octanol–water partition coefficient (Wildman–Crippen LogP) is -0.477. The quantitative estimate of drug-likeness (QED) is 0.544. The van der Waals surface area contributed by atoms with Gasteiger partial charge in [0.2, 0.25) is 0 Å². The Morgan fingerprint density at radius 3 is 2.61 bits per heavy atom. The van der Waals surface area contributed by atoms with E-state index in [1.54, 1.807) is 6.92 Å². The molecule has 0 bridgehead atoms. The van der Waals surface area contributed by atoms with Crippen LogP contribution in [0.1, 0.15) is 13.3 Å². The van der Waals surface area contributed by atoms with E-state index in [0.29, 0.717) is 0 Å². The van der Waals surface area contributed by atoms with E-state index >= 15 is 0 Å². The second-order valence-electron chi connectivity index (χ2n) is 3.78. The molecule has 18 heavy (non-hydrogen) atoms. The maximum absolute atomic E-state index is 11.8. The number of carbonyl (C=O) groups excluding carboxylic acids is 1. The Kier molecular flexibility index (Phi) is 4.71. The summed E-state index contributed by atoms with van der Waals surface area (Å²) in [5, 5.41) is 3.92. The summed E-state index contributed by atoms with van der Waals surface area (Å²) >= 11 is 1.15.